The summed E-state index contributed by atoms with van der Waals surface area (Å²) in [6.45, 7) is 0. The Labute approximate surface area is 83.8 Å². The van der Waals surface area contributed by atoms with Gasteiger partial charge in [-0.2, -0.15) is 0 Å². The Morgan fingerprint density at radius 3 is 2.62 bits per heavy atom. The van der Waals surface area contributed by atoms with E-state index in [1.165, 1.54) is 6.07 Å². The smallest absolute Gasteiger partial charge is 0.126 e. The summed E-state index contributed by atoms with van der Waals surface area (Å²) >= 11 is 0. The van der Waals surface area contributed by atoms with Gasteiger partial charge in [0, 0.05) is 12.0 Å². The number of likely N-dealkylation sites (N-methyl/N-ethyl adjacent to an activating group) is 1. The molecule has 13 heavy (non-hydrogen) atoms. The molecule has 1 aliphatic carbocycles. The highest BCUT2D eigenvalue weighted by atomic mass is 35.5. The number of halogens is 2. The molecule has 1 nitrogen and oxygen atoms in total. The van der Waals surface area contributed by atoms with Gasteiger partial charge in [-0.15, -0.1) is 12.4 Å². The minimum Gasteiger partial charge on any atom is -0.316 e. The van der Waals surface area contributed by atoms with Crippen molar-refractivity contribution in [3.05, 3.63) is 35.6 Å². The molecule has 0 heterocycles. The van der Waals surface area contributed by atoms with Crippen molar-refractivity contribution in [2.75, 3.05) is 7.05 Å². The summed E-state index contributed by atoms with van der Waals surface area (Å²) in [5.41, 5.74) is 0.858. The molecule has 0 unspecified atom stereocenters. The predicted octanol–water partition coefficient (Wildman–Crippen LogP) is 2.32. The SMILES string of the molecule is CN[C@@H]1C[C@H]1c1ccccc1F.Cl. The molecule has 1 aromatic carbocycles. The second-order valence-electron chi connectivity index (χ2n) is 3.26. The third-order valence-corrected chi connectivity index (χ3v) is 2.47. The maximum atomic E-state index is 13.2. The highest BCUT2D eigenvalue weighted by molar-refractivity contribution is 5.85. The van der Waals surface area contributed by atoms with Crippen LogP contribution in [-0.4, -0.2) is 13.1 Å². The largest absolute Gasteiger partial charge is 0.316 e. The third kappa shape index (κ3) is 2.01. The van der Waals surface area contributed by atoms with Crippen LogP contribution in [0, 0.1) is 5.82 Å². The van der Waals surface area contributed by atoms with Gasteiger partial charge < -0.3 is 5.32 Å². The monoisotopic (exact) mass is 201 g/mol. The summed E-state index contributed by atoms with van der Waals surface area (Å²) in [6.07, 6.45) is 1.07. The van der Waals surface area contributed by atoms with Crippen LogP contribution in [0.4, 0.5) is 4.39 Å². The van der Waals surface area contributed by atoms with Crippen LogP contribution in [-0.2, 0) is 0 Å². The fourth-order valence-electron chi connectivity index (χ4n) is 1.63. The minimum absolute atomic E-state index is 0. The van der Waals surface area contributed by atoms with Gasteiger partial charge in [0.1, 0.15) is 5.82 Å². The van der Waals surface area contributed by atoms with Crippen molar-refractivity contribution in [1.29, 1.82) is 0 Å². The molecule has 0 amide bonds. The van der Waals surface area contributed by atoms with Crippen molar-refractivity contribution < 1.29 is 4.39 Å². The number of hydrogen-bond acceptors (Lipinski definition) is 1. The molecule has 72 valence electrons. The van der Waals surface area contributed by atoms with Gasteiger partial charge in [-0.3, -0.25) is 0 Å². The summed E-state index contributed by atoms with van der Waals surface area (Å²) in [6, 6.07) is 7.51. The zero-order valence-electron chi connectivity index (χ0n) is 7.46. The van der Waals surface area contributed by atoms with Crippen LogP contribution >= 0.6 is 12.4 Å². The highest BCUT2D eigenvalue weighted by Gasteiger charge is 2.38. The standard InChI is InChI=1S/C10H12FN.ClH/c1-12-10-6-8(10)7-4-2-3-5-9(7)11;/h2-5,8,10,12H,6H2,1H3;1H/t8-,10+;/m0./s1. The summed E-state index contributed by atoms with van der Waals surface area (Å²) in [5.74, 6) is 0.330. The van der Waals surface area contributed by atoms with E-state index < -0.39 is 0 Å². The van der Waals surface area contributed by atoms with Gasteiger partial charge in [0.25, 0.3) is 0 Å². The molecule has 0 spiro atoms. The Bertz CT molecular complexity index is 290. The molecule has 0 aliphatic heterocycles. The van der Waals surface area contributed by atoms with E-state index in [2.05, 4.69) is 5.32 Å². The van der Waals surface area contributed by atoms with Gasteiger partial charge in [-0.05, 0) is 25.1 Å². The summed E-state index contributed by atoms with van der Waals surface area (Å²) in [7, 11) is 1.92. The van der Waals surface area contributed by atoms with E-state index in [0.29, 0.717) is 12.0 Å². The molecule has 1 fully saturated rings. The van der Waals surface area contributed by atoms with E-state index in [9.17, 15) is 4.39 Å². The third-order valence-electron chi connectivity index (χ3n) is 2.47. The Morgan fingerprint density at radius 2 is 2.08 bits per heavy atom. The van der Waals surface area contributed by atoms with Gasteiger partial charge in [0.2, 0.25) is 0 Å². The van der Waals surface area contributed by atoms with E-state index in [4.69, 9.17) is 0 Å². The van der Waals surface area contributed by atoms with Crippen LogP contribution < -0.4 is 5.32 Å². The Morgan fingerprint density at radius 1 is 1.38 bits per heavy atom. The fraction of sp³-hybridized carbons (Fsp3) is 0.400. The highest BCUT2D eigenvalue weighted by Crippen LogP contribution is 2.41. The van der Waals surface area contributed by atoms with Gasteiger partial charge in [-0.25, -0.2) is 4.39 Å². The van der Waals surface area contributed by atoms with Crippen molar-refractivity contribution in [2.24, 2.45) is 0 Å². The van der Waals surface area contributed by atoms with Crippen molar-refractivity contribution >= 4 is 12.4 Å². The van der Waals surface area contributed by atoms with Crippen LogP contribution in [0.25, 0.3) is 0 Å². The molecule has 0 radical (unpaired) electrons. The quantitative estimate of drug-likeness (QED) is 0.775. The van der Waals surface area contributed by atoms with Gasteiger partial charge in [0.15, 0.2) is 0 Å². The molecule has 2 atom stereocenters. The van der Waals surface area contributed by atoms with Gasteiger partial charge in [-0.1, -0.05) is 18.2 Å². The van der Waals surface area contributed by atoms with Crippen molar-refractivity contribution in [1.82, 2.24) is 5.32 Å². The topological polar surface area (TPSA) is 12.0 Å². The molecule has 3 heteroatoms. The maximum absolute atomic E-state index is 13.2. The molecule has 2 rings (SSSR count). The van der Waals surface area contributed by atoms with Crippen LogP contribution in [0.15, 0.2) is 24.3 Å². The normalized spacial score (nSPS) is 25.1. The molecule has 0 bridgehead atoms. The van der Waals surface area contributed by atoms with E-state index in [1.807, 2.05) is 19.2 Å². The summed E-state index contributed by atoms with van der Waals surface area (Å²) in [5, 5.41) is 3.15. The molecule has 1 aromatic rings. The Balaban J connectivity index is 0.000000845. The average molecular weight is 202 g/mol. The lowest BCUT2D eigenvalue weighted by molar-refractivity contribution is 0.606. The first-order chi connectivity index (χ1) is 5.83. The lowest BCUT2D eigenvalue weighted by atomic mass is 10.1. The van der Waals surface area contributed by atoms with E-state index in [0.717, 1.165) is 12.0 Å². The summed E-state index contributed by atoms with van der Waals surface area (Å²) < 4.78 is 13.2. The summed E-state index contributed by atoms with van der Waals surface area (Å²) in [4.78, 5) is 0. The van der Waals surface area contributed by atoms with E-state index in [1.54, 1.807) is 6.07 Å². The minimum atomic E-state index is -0.0692. The van der Waals surface area contributed by atoms with Gasteiger partial charge in [0.05, 0.1) is 0 Å². The molecule has 1 aliphatic rings. The maximum Gasteiger partial charge on any atom is 0.126 e. The van der Waals surface area contributed by atoms with Crippen molar-refractivity contribution in [3.63, 3.8) is 0 Å². The average Bonchev–Trinajstić information content (AvgIpc) is 2.84. The van der Waals surface area contributed by atoms with Crippen molar-refractivity contribution in [2.45, 2.75) is 18.4 Å². The van der Waals surface area contributed by atoms with Crippen molar-refractivity contribution in [3.8, 4) is 0 Å². The number of nitrogens with one attached hydrogen (secondary N) is 1. The first-order valence-corrected chi connectivity index (χ1v) is 4.24. The molecule has 0 aromatic heterocycles. The van der Waals surface area contributed by atoms with Gasteiger partial charge >= 0.3 is 0 Å². The molecule has 1 N–H and O–H groups in total. The lowest BCUT2D eigenvalue weighted by Crippen LogP contribution is -2.10. The van der Waals surface area contributed by atoms with Crippen LogP contribution in [0.5, 0.6) is 0 Å². The zero-order chi connectivity index (χ0) is 8.55. The van der Waals surface area contributed by atoms with Crippen LogP contribution in [0.3, 0.4) is 0 Å². The van der Waals surface area contributed by atoms with Crippen LogP contribution in [0.1, 0.15) is 17.9 Å². The predicted molar refractivity (Wildman–Crippen MR) is 53.9 cm³/mol. The van der Waals surface area contributed by atoms with E-state index in [-0.39, 0.29) is 18.2 Å². The van der Waals surface area contributed by atoms with E-state index >= 15 is 0 Å². The number of rotatable bonds is 2. The first-order valence-electron chi connectivity index (χ1n) is 4.24. The number of hydrogen-bond donors (Lipinski definition) is 1. The molecular weight excluding hydrogens is 189 g/mol. The fourth-order valence-corrected chi connectivity index (χ4v) is 1.63. The second-order valence-corrected chi connectivity index (χ2v) is 3.26. The second kappa shape index (κ2) is 4.07. The van der Waals surface area contributed by atoms with Crippen LogP contribution in [0.2, 0.25) is 0 Å². The molecule has 0 saturated heterocycles. The Hall–Kier alpha value is -0.600. The molecule has 1 saturated carbocycles. The lowest BCUT2D eigenvalue weighted by Gasteiger charge is -2.00. The zero-order valence-corrected chi connectivity index (χ0v) is 8.27. The first kappa shape index (κ1) is 10.5. The number of benzene rings is 1. The Kier molecular flexibility index (Phi) is 3.28. The molecular formula is C10H13ClFN.